The third-order valence-corrected chi connectivity index (χ3v) is 3.37. The van der Waals surface area contributed by atoms with Crippen LogP contribution in [0.1, 0.15) is 0 Å². The summed E-state index contributed by atoms with van der Waals surface area (Å²) >= 11 is 9.27. The summed E-state index contributed by atoms with van der Waals surface area (Å²) in [7, 11) is 0. The summed E-state index contributed by atoms with van der Waals surface area (Å²) < 4.78 is 15.4. The summed E-state index contributed by atoms with van der Waals surface area (Å²) in [5.41, 5.74) is 2.49. The van der Waals surface area contributed by atoms with Gasteiger partial charge in [-0.1, -0.05) is 11.6 Å². The average Bonchev–Trinajstić information content (AvgIpc) is 2.82. The van der Waals surface area contributed by atoms with Gasteiger partial charge in [-0.15, -0.1) is 0 Å². The van der Waals surface area contributed by atoms with Crippen molar-refractivity contribution in [3.05, 3.63) is 64.2 Å². The highest BCUT2D eigenvalue weighted by molar-refractivity contribution is 9.10. The van der Waals surface area contributed by atoms with Crippen LogP contribution in [0.25, 0.3) is 16.9 Å². The van der Waals surface area contributed by atoms with Crippen LogP contribution in [0.15, 0.2) is 53.3 Å². The molecular weight excluding hydrogens is 345 g/mol. The summed E-state index contributed by atoms with van der Waals surface area (Å²) in [5, 5.41) is 4.77. The molecule has 0 atom stereocenters. The smallest absolute Gasteiger partial charge is 0.129 e. The number of hydrogen-bond donors (Lipinski definition) is 0. The molecule has 0 aliphatic carbocycles. The van der Waals surface area contributed by atoms with E-state index in [2.05, 4.69) is 26.0 Å². The zero-order valence-corrected chi connectivity index (χ0v) is 12.4. The molecule has 0 saturated heterocycles. The Morgan fingerprint density at radius 1 is 1.10 bits per heavy atom. The first-order valence-corrected chi connectivity index (χ1v) is 6.94. The van der Waals surface area contributed by atoms with E-state index in [1.165, 1.54) is 12.1 Å². The minimum absolute atomic E-state index is 0.284. The van der Waals surface area contributed by atoms with Gasteiger partial charge in [0.15, 0.2) is 0 Å². The lowest BCUT2D eigenvalue weighted by Crippen LogP contribution is -1.99. The molecule has 0 unspecified atom stereocenters. The highest BCUT2D eigenvalue weighted by atomic mass is 79.9. The van der Waals surface area contributed by atoms with E-state index in [9.17, 15) is 4.39 Å². The molecule has 0 amide bonds. The predicted octanol–water partition coefficient (Wildman–Crippen LogP) is 4.49. The molecule has 6 heteroatoms. The van der Waals surface area contributed by atoms with Crippen molar-refractivity contribution >= 4 is 27.5 Å². The van der Waals surface area contributed by atoms with Crippen LogP contribution in [-0.2, 0) is 0 Å². The fraction of sp³-hybridized carbons (Fsp3) is 0. The Bertz CT molecular complexity index is 755. The van der Waals surface area contributed by atoms with Crippen LogP contribution in [0, 0.1) is 5.82 Å². The fourth-order valence-electron chi connectivity index (χ4n) is 1.90. The molecule has 0 N–H and O–H groups in total. The van der Waals surface area contributed by atoms with E-state index in [4.69, 9.17) is 11.6 Å². The van der Waals surface area contributed by atoms with Gasteiger partial charge in [-0.05, 0) is 58.4 Å². The molecule has 3 aromatic rings. The summed E-state index contributed by atoms with van der Waals surface area (Å²) in [6.45, 7) is 0. The van der Waals surface area contributed by atoms with Crippen LogP contribution < -0.4 is 0 Å². The summed E-state index contributed by atoms with van der Waals surface area (Å²) in [4.78, 5) is 3.96. The minimum atomic E-state index is -0.284. The first-order chi connectivity index (χ1) is 9.63. The zero-order chi connectivity index (χ0) is 14.1. The lowest BCUT2D eigenvalue weighted by molar-refractivity contribution is 0.627. The van der Waals surface area contributed by atoms with E-state index < -0.39 is 0 Å². The van der Waals surface area contributed by atoms with Crippen LogP contribution >= 0.6 is 27.5 Å². The number of rotatable bonds is 2. The number of pyridine rings is 1. The molecule has 20 heavy (non-hydrogen) atoms. The largest absolute Gasteiger partial charge is 0.245 e. The zero-order valence-electron chi connectivity index (χ0n) is 10.1. The number of hydrogen-bond acceptors (Lipinski definition) is 2. The molecule has 0 spiro atoms. The van der Waals surface area contributed by atoms with Gasteiger partial charge >= 0.3 is 0 Å². The van der Waals surface area contributed by atoms with Gasteiger partial charge in [0.2, 0.25) is 0 Å². The van der Waals surface area contributed by atoms with Crippen LogP contribution in [0.2, 0.25) is 5.15 Å². The predicted molar refractivity (Wildman–Crippen MR) is 79.5 cm³/mol. The highest BCUT2D eigenvalue weighted by Crippen LogP contribution is 2.27. The SMILES string of the molecule is Fc1ccc(-n2nc(Br)cc2-c2ccnc(Cl)c2)cc1. The molecule has 0 aliphatic rings. The number of nitrogens with zero attached hydrogens (tertiary/aromatic N) is 3. The fourth-order valence-corrected chi connectivity index (χ4v) is 2.45. The molecule has 3 nitrogen and oxygen atoms in total. The Morgan fingerprint density at radius 3 is 2.55 bits per heavy atom. The first kappa shape index (κ1) is 13.3. The molecule has 0 radical (unpaired) electrons. The second-order valence-electron chi connectivity index (χ2n) is 4.11. The minimum Gasteiger partial charge on any atom is -0.245 e. The molecule has 0 saturated carbocycles. The summed E-state index contributed by atoms with van der Waals surface area (Å²) in [6, 6.07) is 11.6. The van der Waals surface area contributed by atoms with Crippen molar-refractivity contribution in [2.75, 3.05) is 0 Å². The van der Waals surface area contributed by atoms with E-state index in [-0.39, 0.29) is 5.82 Å². The molecular formula is C14H8BrClFN3. The molecule has 2 heterocycles. The third kappa shape index (κ3) is 2.59. The molecule has 3 rings (SSSR count). The van der Waals surface area contributed by atoms with Crippen molar-refractivity contribution < 1.29 is 4.39 Å². The average molecular weight is 353 g/mol. The highest BCUT2D eigenvalue weighted by Gasteiger charge is 2.11. The first-order valence-electron chi connectivity index (χ1n) is 5.77. The Kier molecular flexibility index (Phi) is 3.54. The van der Waals surface area contributed by atoms with Crippen LogP contribution in [0.5, 0.6) is 0 Å². The van der Waals surface area contributed by atoms with Gasteiger partial charge in [-0.2, -0.15) is 5.10 Å². The molecule has 1 aromatic carbocycles. The van der Waals surface area contributed by atoms with E-state index in [1.54, 1.807) is 29.1 Å². The maximum Gasteiger partial charge on any atom is 0.129 e. The Morgan fingerprint density at radius 2 is 1.85 bits per heavy atom. The summed E-state index contributed by atoms with van der Waals surface area (Å²) in [6.07, 6.45) is 1.63. The van der Waals surface area contributed by atoms with Crippen molar-refractivity contribution in [1.29, 1.82) is 0 Å². The normalized spacial score (nSPS) is 10.8. The van der Waals surface area contributed by atoms with E-state index in [0.717, 1.165) is 16.9 Å². The van der Waals surface area contributed by atoms with Crippen molar-refractivity contribution in [2.24, 2.45) is 0 Å². The number of benzene rings is 1. The molecule has 0 bridgehead atoms. The maximum absolute atomic E-state index is 13.0. The van der Waals surface area contributed by atoms with Gasteiger partial charge in [0, 0.05) is 11.8 Å². The lowest BCUT2D eigenvalue weighted by atomic mass is 10.2. The number of aromatic nitrogens is 3. The monoisotopic (exact) mass is 351 g/mol. The Labute approximate surface area is 128 Å². The quantitative estimate of drug-likeness (QED) is 0.636. The van der Waals surface area contributed by atoms with Crippen molar-refractivity contribution in [2.45, 2.75) is 0 Å². The topological polar surface area (TPSA) is 30.7 Å². The molecule has 0 aliphatic heterocycles. The standard InChI is InChI=1S/C14H8BrClFN3/c15-13-8-12(9-5-6-18-14(16)7-9)20(19-13)11-3-1-10(17)2-4-11/h1-8H. The lowest BCUT2D eigenvalue weighted by Gasteiger charge is -2.07. The summed E-state index contributed by atoms with van der Waals surface area (Å²) in [5.74, 6) is -0.284. The Hall–Kier alpha value is -1.72. The van der Waals surface area contributed by atoms with E-state index in [0.29, 0.717) is 9.76 Å². The van der Waals surface area contributed by atoms with Crippen LogP contribution in [-0.4, -0.2) is 14.8 Å². The van der Waals surface area contributed by atoms with Crippen LogP contribution in [0.3, 0.4) is 0 Å². The number of halogens is 3. The van der Waals surface area contributed by atoms with Gasteiger partial charge in [-0.25, -0.2) is 14.1 Å². The maximum atomic E-state index is 13.0. The van der Waals surface area contributed by atoms with Gasteiger partial charge < -0.3 is 0 Å². The molecule has 0 fully saturated rings. The van der Waals surface area contributed by atoms with Gasteiger partial charge in [-0.3, -0.25) is 0 Å². The van der Waals surface area contributed by atoms with Gasteiger partial charge in [0.1, 0.15) is 15.6 Å². The molecule has 2 aromatic heterocycles. The van der Waals surface area contributed by atoms with Gasteiger partial charge in [0.05, 0.1) is 11.4 Å². The van der Waals surface area contributed by atoms with Gasteiger partial charge in [0.25, 0.3) is 0 Å². The van der Waals surface area contributed by atoms with E-state index in [1.807, 2.05) is 12.1 Å². The Balaban J connectivity index is 2.15. The van der Waals surface area contributed by atoms with Crippen LogP contribution in [0.4, 0.5) is 4.39 Å². The molecule has 100 valence electrons. The second-order valence-corrected chi connectivity index (χ2v) is 5.31. The second kappa shape index (κ2) is 5.34. The third-order valence-electron chi connectivity index (χ3n) is 2.77. The van der Waals surface area contributed by atoms with Crippen molar-refractivity contribution in [3.63, 3.8) is 0 Å². The van der Waals surface area contributed by atoms with Crippen molar-refractivity contribution in [3.8, 4) is 16.9 Å². The van der Waals surface area contributed by atoms with E-state index >= 15 is 0 Å². The van der Waals surface area contributed by atoms with Crippen molar-refractivity contribution in [1.82, 2.24) is 14.8 Å².